The van der Waals surface area contributed by atoms with Crippen molar-refractivity contribution in [3.63, 3.8) is 0 Å². The van der Waals surface area contributed by atoms with Gasteiger partial charge in [0.1, 0.15) is 0 Å². The van der Waals surface area contributed by atoms with Crippen LogP contribution in [0.15, 0.2) is 164 Å². The Hall–Kier alpha value is -5.66. The fourth-order valence-corrected chi connectivity index (χ4v) is 8.88. The molecule has 7 aromatic carbocycles. The maximum atomic E-state index is 2.42. The predicted molar refractivity (Wildman–Crippen MR) is 205 cm³/mol. The zero-order chi connectivity index (χ0) is 32.7. The third-order valence-corrected chi connectivity index (χ3v) is 11.4. The van der Waals surface area contributed by atoms with Crippen LogP contribution in [0.25, 0.3) is 44.5 Å². The molecular formula is C48H37N. The Labute approximate surface area is 289 Å². The number of nitrogens with zero attached hydrogens (tertiary/aromatic N) is 1. The molecule has 234 valence electrons. The monoisotopic (exact) mass is 627 g/mol. The molecule has 3 aliphatic rings. The molecular weight excluding hydrogens is 591 g/mol. The van der Waals surface area contributed by atoms with E-state index in [9.17, 15) is 0 Å². The number of benzene rings is 7. The summed E-state index contributed by atoms with van der Waals surface area (Å²) >= 11 is 0. The summed E-state index contributed by atoms with van der Waals surface area (Å²) in [6.07, 6.45) is 1.25. The lowest BCUT2D eigenvalue weighted by molar-refractivity contribution is 0.660. The van der Waals surface area contributed by atoms with Gasteiger partial charge in [-0.2, -0.15) is 0 Å². The van der Waals surface area contributed by atoms with E-state index in [0.29, 0.717) is 11.8 Å². The van der Waals surface area contributed by atoms with Gasteiger partial charge in [0.05, 0.1) is 0 Å². The normalized spacial score (nSPS) is 17.3. The fourth-order valence-electron chi connectivity index (χ4n) is 8.88. The van der Waals surface area contributed by atoms with Crippen molar-refractivity contribution >= 4 is 17.1 Å². The molecule has 49 heavy (non-hydrogen) atoms. The molecule has 0 aromatic heterocycles. The standard InChI is InChI=1S/C48H37N/c1-48(2)45-18-9-8-15-40(45)41-28-27-36(29-46(41)48)49(34-23-19-32(20-24-34)31-11-4-3-5-12-31)35-25-21-33(22-26-35)37-16-10-17-42-38-13-6-7-14-39(38)43-30-44(43)47(37)42/h3-29,43-44H,30H2,1-2H3. The largest absolute Gasteiger partial charge is 0.310 e. The van der Waals surface area contributed by atoms with Gasteiger partial charge >= 0.3 is 0 Å². The van der Waals surface area contributed by atoms with Gasteiger partial charge in [-0.3, -0.25) is 0 Å². The van der Waals surface area contributed by atoms with Gasteiger partial charge in [0.2, 0.25) is 0 Å². The molecule has 3 aliphatic carbocycles. The SMILES string of the molecule is CC1(C)c2ccccc2-c2ccc(N(c3ccc(-c4ccccc4)cc3)c3ccc(-c4cccc5c4C4CC4c4ccccc4-5)cc3)cc21. The van der Waals surface area contributed by atoms with Crippen molar-refractivity contribution in [2.45, 2.75) is 37.5 Å². The van der Waals surface area contributed by atoms with Gasteiger partial charge in [-0.1, -0.05) is 141 Å². The van der Waals surface area contributed by atoms with E-state index in [1.807, 2.05) is 0 Å². The lowest BCUT2D eigenvalue weighted by Crippen LogP contribution is -2.16. The Morgan fingerprint density at radius 1 is 0.429 bits per heavy atom. The van der Waals surface area contributed by atoms with E-state index < -0.39 is 0 Å². The summed E-state index contributed by atoms with van der Waals surface area (Å²) in [5, 5.41) is 0. The second-order valence-electron chi connectivity index (χ2n) is 14.5. The second kappa shape index (κ2) is 10.7. The zero-order valence-electron chi connectivity index (χ0n) is 27.9. The maximum absolute atomic E-state index is 2.42. The van der Waals surface area contributed by atoms with E-state index in [4.69, 9.17) is 0 Å². The number of hydrogen-bond donors (Lipinski definition) is 0. The smallest absolute Gasteiger partial charge is 0.0465 e. The molecule has 0 heterocycles. The van der Waals surface area contributed by atoms with E-state index in [2.05, 4.69) is 183 Å². The molecule has 0 spiro atoms. The molecule has 10 rings (SSSR count). The van der Waals surface area contributed by atoms with Crippen molar-refractivity contribution in [2.75, 3.05) is 4.90 Å². The number of hydrogen-bond acceptors (Lipinski definition) is 1. The molecule has 0 bridgehead atoms. The number of anilines is 3. The number of fused-ring (bicyclic) bond motifs is 9. The fraction of sp³-hybridized carbons (Fsp3) is 0.125. The van der Waals surface area contributed by atoms with Crippen molar-refractivity contribution in [1.82, 2.24) is 0 Å². The van der Waals surface area contributed by atoms with Crippen LogP contribution in [0.1, 0.15) is 54.4 Å². The third kappa shape index (κ3) is 4.39. The summed E-state index contributed by atoms with van der Waals surface area (Å²) in [7, 11) is 0. The Bertz CT molecular complexity index is 2380. The van der Waals surface area contributed by atoms with Crippen molar-refractivity contribution in [3.8, 4) is 44.5 Å². The van der Waals surface area contributed by atoms with Gasteiger partial charge in [-0.25, -0.2) is 0 Å². The van der Waals surface area contributed by atoms with E-state index in [-0.39, 0.29) is 5.41 Å². The molecule has 0 N–H and O–H groups in total. The molecule has 0 radical (unpaired) electrons. The first-order valence-electron chi connectivity index (χ1n) is 17.6. The zero-order valence-corrected chi connectivity index (χ0v) is 27.9. The highest BCUT2D eigenvalue weighted by molar-refractivity contribution is 5.88. The van der Waals surface area contributed by atoms with Crippen LogP contribution in [0.3, 0.4) is 0 Å². The van der Waals surface area contributed by atoms with Crippen molar-refractivity contribution < 1.29 is 0 Å². The minimum Gasteiger partial charge on any atom is -0.310 e. The van der Waals surface area contributed by atoms with Crippen LogP contribution < -0.4 is 4.90 Å². The summed E-state index contributed by atoms with van der Waals surface area (Å²) < 4.78 is 0. The first-order chi connectivity index (χ1) is 24.1. The van der Waals surface area contributed by atoms with E-state index in [1.54, 1.807) is 0 Å². The predicted octanol–water partition coefficient (Wildman–Crippen LogP) is 13.0. The van der Waals surface area contributed by atoms with Gasteiger partial charge in [0.15, 0.2) is 0 Å². The van der Waals surface area contributed by atoms with Crippen LogP contribution >= 0.6 is 0 Å². The van der Waals surface area contributed by atoms with Gasteiger partial charge in [-0.05, 0) is 121 Å². The lowest BCUT2D eigenvalue weighted by atomic mass is 9.82. The lowest BCUT2D eigenvalue weighted by Gasteiger charge is -2.28. The van der Waals surface area contributed by atoms with Crippen LogP contribution in [0, 0.1) is 0 Å². The van der Waals surface area contributed by atoms with Crippen LogP contribution in [0.4, 0.5) is 17.1 Å². The summed E-state index contributed by atoms with van der Waals surface area (Å²) in [5.41, 5.74) is 19.9. The summed E-state index contributed by atoms with van der Waals surface area (Å²) in [5.74, 6) is 1.29. The molecule has 1 fully saturated rings. The topological polar surface area (TPSA) is 3.24 Å². The van der Waals surface area contributed by atoms with Gasteiger partial charge in [0, 0.05) is 22.5 Å². The maximum Gasteiger partial charge on any atom is 0.0465 e. The molecule has 0 saturated heterocycles. The first-order valence-corrected chi connectivity index (χ1v) is 17.6. The molecule has 0 amide bonds. The van der Waals surface area contributed by atoms with Crippen LogP contribution in [-0.2, 0) is 5.41 Å². The molecule has 1 saturated carbocycles. The summed E-state index contributed by atoms with van der Waals surface area (Å²) in [6, 6.07) is 60.8. The molecule has 1 heteroatoms. The Morgan fingerprint density at radius 3 is 1.78 bits per heavy atom. The van der Waals surface area contributed by atoms with Gasteiger partial charge in [-0.15, -0.1) is 0 Å². The average Bonchev–Trinajstić information content (AvgIpc) is 3.94. The molecule has 2 unspecified atom stereocenters. The Kier molecular flexibility index (Phi) is 6.18. The quantitative estimate of drug-likeness (QED) is 0.184. The van der Waals surface area contributed by atoms with Crippen molar-refractivity contribution in [3.05, 3.63) is 186 Å². The van der Waals surface area contributed by atoms with Crippen molar-refractivity contribution in [1.29, 1.82) is 0 Å². The molecule has 1 nitrogen and oxygen atoms in total. The van der Waals surface area contributed by atoms with E-state index >= 15 is 0 Å². The summed E-state index contributed by atoms with van der Waals surface area (Å²) in [4.78, 5) is 2.42. The van der Waals surface area contributed by atoms with Crippen LogP contribution in [0.5, 0.6) is 0 Å². The highest BCUT2D eigenvalue weighted by Crippen LogP contribution is 2.63. The van der Waals surface area contributed by atoms with Gasteiger partial charge in [0.25, 0.3) is 0 Å². The van der Waals surface area contributed by atoms with Crippen molar-refractivity contribution in [2.24, 2.45) is 0 Å². The Balaban J connectivity index is 1.08. The minimum absolute atomic E-state index is 0.0691. The third-order valence-electron chi connectivity index (χ3n) is 11.4. The average molecular weight is 628 g/mol. The van der Waals surface area contributed by atoms with Gasteiger partial charge < -0.3 is 4.90 Å². The van der Waals surface area contributed by atoms with E-state index in [1.165, 1.54) is 78.9 Å². The molecule has 0 aliphatic heterocycles. The van der Waals surface area contributed by atoms with Crippen LogP contribution in [0.2, 0.25) is 0 Å². The highest BCUT2D eigenvalue weighted by Gasteiger charge is 2.46. The minimum atomic E-state index is -0.0691. The second-order valence-corrected chi connectivity index (χ2v) is 14.5. The highest BCUT2D eigenvalue weighted by atomic mass is 15.1. The number of rotatable bonds is 5. The molecule has 7 aromatic rings. The summed E-state index contributed by atoms with van der Waals surface area (Å²) in [6.45, 7) is 4.72. The van der Waals surface area contributed by atoms with E-state index in [0.717, 1.165) is 11.4 Å². The van der Waals surface area contributed by atoms with Crippen LogP contribution in [-0.4, -0.2) is 0 Å². The Morgan fingerprint density at radius 2 is 1.00 bits per heavy atom. The molecule has 2 atom stereocenters. The first kappa shape index (κ1) is 28.4.